The van der Waals surface area contributed by atoms with Gasteiger partial charge in [0.15, 0.2) is 5.13 Å². The average molecular weight is 538 g/mol. The van der Waals surface area contributed by atoms with E-state index in [4.69, 9.17) is 5.73 Å². The molecular weight excluding hydrogens is 512 g/mol. The first-order valence-electron chi connectivity index (χ1n) is 11.2. The molecule has 5 rings (SSSR count). The van der Waals surface area contributed by atoms with Gasteiger partial charge >= 0.3 is 0 Å². The zero-order chi connectivity index (χ0) is 26.5. The molecule has 2 atom stereocenters. The Kier molecular flexibility index (Phi) is 7.98. The normalized spacial score (nSPS) is 15.0. The third-order valence-corrected chi connectivity index (χ3v) is 7.24. The van der Waals surface area contributed by atoms with Crippen molar-refractivity contribution in [2.75, 3.05) is 30.3 Å². The van der Waals surface area contributed by atoms with Crippen LogP contribution in [-0.4, -0.2) is 54.7 Å². The molecule has 37 heavy (non-hydrogen) atoms. The van der Waals surface area contributed by atoms with E-state index in [9.17, 15) is 23.6 Å². The Morgan fingerprint density at radius 2 is 2.00 bits per heavy atom. The predicted octanol–water partition coefficient (Wildman–Crippen LogP) is 3.16. The standard InChI is InChI=1S/C22H20N4O4S.C3H4N2S.H2/c1-15(25-10-9-19-16(13-23)3-2-4-20(19)25)22(28)24-11-12-26(21(27)14-24)17-5-7-18(8-6-17)31(29)30;4-3-5-1-2-6-3;/h2-10,15H,11-12,14H2,1H3,(H,29,30);1-2H,(H2,4,5);1H/p-1. The Morgan fingerprint density at radius 1 is 1.24 bits per heavy atom. The molecule has 0 radical (unpaired) electrons. The summed E-state index contributed by atoms with van der Waals surface area (Å²) in [5.41, 5.74) is 7.12. The maximum Gasteiger partial charge on any atom is 0.246 e. The topological polar surface area (TPSA) is 148 Å². The molecule has 0 saturated carbocycles. The molecule has 2 N–H and O–H groups in total. The zero-order valence-corrected chi connectivity index (χ0v) is 21.4. The lowest BCUT2D eigenvalue weighted by Gasteiger charge is -2.35. The number of hydrogen-bond donors (Lipinski definition) is 1. The number of carbonyl (C=O) groups excluding carboxylic acids is 2. The largest absolute Gasteiger partial charge is 0.768 e. The first-order valence-corrected chi connectivity index (χ1v) is 13.2. The highest BCUT2D eigenvalue weighted by Gasteiger charge is 2.31. The van der Waals surface area contributed by atoms with Crippen molar-refractivity contribution in [1.29, 1.82) is 5.26 Å². The van der Waals surface area contributed by atoms with E-state index in [-0.39, 0.29) is 24.7 Å². The quantitative estimate of drug-likeness (QED) is 0.393. The van der Waals surface area contributed by atoms with Gasteiger partial charge in [-0.15, -0.1) is 11.3 Å². The van der Waals surface area contributed by atoms with E-state index in [1.165, 1.54) is 28.4 Å². The van der Waals surface area contributed by atoms with Crippen molar-refractivity contribution in [2.45, 2.75) is 17.9 Å². The van der Waals surface area contributed by atoms with Gasteiger partial charge in [0.1, 0.15) is 12.6 Å². The lowest BCUT2D eigenvalue weighted by Crippen LogP contribution is -2.53. The lowest BCUT2D eigenvalue weighted by molar-refractivity contribution is -0.139. The van der Waals surface area contributed by atoms with Crippen LogP contribution in [0.1, 0.15) is 20.0 Å². The van der Waals surface area contributed by atoms with Crippen molar-refractivity contribution in [3.63, 3.8) is 0 Å². The lowest BCUT2D eigenvalue weighted by atomic mass is 10.1. The maximum atomic E-state index is 13.1. The number of nitrogens with zero attached hydrogens (tertiary/aromatic N) is 5. The number of nitriles is 1. The third kappa shape index (κ3) is 5.69. The monoisotopic (exact) mass is 537 g/mol. The Morgan fingerprint density at radius 3 is 2.57 bits per heavy atom. The Labute approximate surface area is 221 Å². The molecule has 192 valence electrons. The van der Waals surface area contributed by atoms with Gasteiger partial charge in [-0.1, -0.05) is 6.07 Å². The second-order valence-corrected chi connectivity index (χ2v) is 10.0. The fourth-order valence-electron chi connectivity index (χ4n) is 4.11. The summed E-state index contributed by atoms with van der Waals surface area (Å²) in [7, 11) is 0. The summed E-state index contributed by atoms with van der Waals surface area (Å²) in [6.45, 7) is 2.41. The maximum absolute atomic E-state index is 13.1. The molecule has 2 unspecified atom stereocenters. The second kappa shape index (κ2) is 11.3. The van der Waals surface area contributed by atoms with Gasteiger partial charge in [0.25, 0.3) is 0 Å². The van der Waals surface area contributed by atoms with E-state index in [0.29, 0.717) is 29.5 Å². The van der Waals surface area contributed by atoms with Crippen LogP contribution in [0.15, 0.2) is 71.2 Å². The first-order chi connectivity index (χ1) is 17.8. The minimum absolute atomic E-state index is 0. The summed E-state index contributed by atoms with van der Waals surface area (Å²) in [5.74, 6) is -0.406. The summed E-state index contributed by atoms with van der Waals surface area (Å²) in [4.78, 5) is 32.8. The van der Waals surface area contributed by atoms with Gasteiger partial charge in [0.05, 0.1) is 17.1 Å². The van der Waals surface area contributed by atoms with Gasteiger partial charge in [-0.2, -0.15) is 5.26 Å². The number of anilines is 2. The summed E-state index contributed by atoms with van der Waals surface area (Å²) in [6, 6.07) is 14.9. The Hall–Kier alpha value is -4.05. The number of hydrogen-bond acceptors (Lipinski definition) is 8. The fourth-order valence-corrected chi connectivity index (χ4v) is 4.85. The minimum Gasteiger partial charge on any atom is -0.768 e. The molecule has 1 aliphatic rings. The van der Waals surface area contributed by atoms with Crippen LogP contribution in [0, 0.1) is 11.3 Å². The van der Waals surface area contributed by atoms with E-state index >= 15 is 0 Å². The van der Waals surface area contributed by atoms with E-state index in [2.05, 4.69) is 11.1 Å². The molecule has 2 amide bonds. The van der Waals surface area contributed by atoms with Crippen molar-refractivity contribution in [3.05, 3.63) is 71.9 Å². The molecule has 10 nitrogen and oxygen atoms in total. The number of nitrogens with two attached hydrogens (primary N) is 1. The predicted molar refractivity (Wildman–Crippen MR) is 143 cm³/mol. The molecule has 0 aliphatic carbocycles. The van der Waals surface area contributed by atoms with Crippen LogP contribution < -0.4 is 10.6 Å². The number of carbonyl (C=O) groups is 2. The number of fused-ring (bicyclic) bond motifs is 1. The summed E-state index contributed by atoms with van der Waals surface area (Å²) in [5, 5.41) is 12.5. The summed E-state index contributed by atoms with van der Waals surface area (Å²) >= 11 is -0.877. The van der Waals surface area contributed by atoms with Crippen molar-refractivity contribution < 1.29 is 19.8 Å². The van der Waals surface area contributed by atoms with Crippen molar-refractivity contribution in [2.24, 2.45) is 0 Å². The van der Waals surface area contributed by atoms with Crippen LogP contribution in [0.4, 0.5) is 10.8 Å². The van der Waals surface area contributed by atoms with Gasteiger partial charge < -0.3 is 24.7 Å². The van der Waals surface area contributed by atoms with E-state index in [1.54, 1.807) is 48.5 Å². The summed E-state index contributed by atoms with van der Waals surface area (Å²) < 4.78 is 23.8. The zero-order valence-electron chi connectivity index (χ0n) is 19.8. The van der Waals surface area contributed by atoms with Gasteiger partial charge in [-0.25, -0.2) is 4.98 Å². The highest BCUT2D eigenvalue weighted by molar-refractivity contribution is 7.79. The van der Waals surface area contributed by atoms with E-state index in [0.717, 1.165) is 10.9 Å². The number of benzene rings is 2. The molecule has 0 bridgehead atoms. The van der Waals surface area contributed by atoms with Crippen molar-refractivity contribution in [1.82, 2.24) is 14.5 Å². The molecule has 1 fully saturated rings. The van der Waals surface area contributed by atoms with Crippen LogP contribution in [-0.2, 0) is 20.7 Å². The third-order valence-electron chi connectivity index (χ3n) is 5.98. The first kappa shape index (κ1) is 26.0. The van der Waals surface area contributed by atoms with Crippen LogP contribution >= 0.6 is 11.3 Å². The highest BCUT2D eigenvalue weighted by Crippen LogP contribution is 2.25. The van der Waals surface area contributed by atoms with Crippen LogP contribution in [0.2, 0.25) is 0 Å². The minimum atomic E-state index is -2.32. The van der Waals surface area contributed by atoms with Gasteiger partial charge in [-0.3, -0.25) is 13.8 Å². The fraction of sp³-hybridized carbons (Fsp3) is 0.200. The van der Waals surface area contributed by atoms with Crippen LogP contribution in [0.25, 0.3) is 10.9 Å². The number of aromatic nitrogens is 2. The molecule has 2 aromatic carbocycles. The van der Waals surface area contributed by atoms with Crippen molar-refractivity contribution >= 4 is 56.0 Å². The van der Waals surface area contributed by atoms with E-state index in [1.807, 2.05) is 22.1 Å². The molecule has 1 saturated heterocycles. The Balaban J connectivity index is 0.000000504. The number of nitrogen functional groups attached to an aromatic ring is 1. The number of thiazole rings is 1. The molecule has 4 aromatic rings. The second-order valence-electron chi connectivity index (χ2n) is 8.15. The Bertz CT molecular complexity index is 1480. The van der Waals surface area contributed by atoms with E-state index < -0.39 is 17.1 Å². The highest BCUT2D eigenvalue weighted by atomic mass is 32.2. The van der Waals surface area contributed by atoms with Crippen LogP contribution in [0.5, 0.6) is 0 Å². The average Bonchev–Trinajstić information content (AvgIpc) is 3.57. The molecule has 1 aliphatic heterocycles. The molecule has 12 heteroatoms. The number of piperazine rings is 1. The number of amides is 2. The van der Waals surface area contributed by atoms with Crippen LogP contribution in [0.3, 0.4) is 0 Å². The van der Waals surface area contributed by atoms with Gasteiger partial charge in [0.2, 0.25) is 11.8 Å². The smallest absolute Gasteiger partial charge is 0.246 e. The molecule has 3 heterocycles. The SMILES string of the molecule is CC(C(=O)N1CCN(c2ccc(S(=O)[O-])cc2)C(=O)C1)n1ccc2c(C#N)cccc21.Nc1nccs1.[HH]. The number of rotatable bonds is 4. The van der Waals surface area contributed by atoms with Gasteiger partial charge in [0, 0.05) is 48.3 Å². The molecular formula is C25H25N6O4S2-. The summed E-state index contributed by atoms with van der Waals surface area (Å²) in [6.07, 6.45) is 3.47. The molecule has 2 aromatic heterocycles. The molecule has 0 spiro atoms. The van der Waals surface area contributed by atoms with Gasteiger partial charge in [-0.05, 0) is 60.5 Å². The van der Waals surface area contributed by atoms with Crippen molar-refractivity contribution in [3.8, 4) is 6.07 Å².